The van der Waals surface area contributed by atoms with E-state index >= 15 is 0 Å². The van der Waals surface area contributed by atoms with Crippen LogP contribution >= 0.6 is 11.8 Å². The Bertz CT molecular complexity index is 1140. The van der Waals surface area contributed by atoms with Crippen molar-refractivity contribution in [1.82, 2.24) is 20.3 Å². The lowest BCUT2D eigenvalue weighted by Crippen LogP contribution is -2.43. The second kappa shape index (κ2) is 9.38. The number of nitrogens with zero attached hydrogens (tertiary/aromatic N) is 2. The van der Waals surface area contributed by atoms with Gasteiger partial charge in [-0.15, -0.1) is 0 Å². The van der Waals surface area contributed by atoms with Gasteiger partial charge in [-0.1, -0.05) is 44.7 Å². The van der Waals surface area contributed by atoms with E-state index in [-0.39, 0.29) is 17.0 Å². The third kappa shape index (κ3) is 5.75. The van der Waals surface area contributed by atoms with Gasteiger partial charge in [-0.3, -0.25) is 4.79 Å². The maximum Gasteiger partial charge on any atom is 0.404 e. The summed E-state index contributed by atoms with van der Waals surface area (Å²) in [4.78, 5) is 35.1. The molecule has 31 heavy (non-hydrogen) atoms. The SMILES string of the molecule is CSc1nc(Nc2cccc(CCC(NC(=O)O)C(C)(C)C)c2)c2c(=O)[nH]ccc2n1. The molecule has 9 heteroatoms. The van der Waals surface area contributed by atoms with Gasteiger partial charge in [0.15, 0.2) is 5.16 Å². The Morgan fingerprint density at radius 1 is 1.26 bits per heavy atom. The highest BCUT2D eigenvalue weighted by molar-refractivity contribution is 7.98. The van der Waals surface area contributed by atoms with Crippen LogP contribution < -0.4 is 16.2 Å². The molecule has 0 bridgehead atoms. The zero-order valence-electron chi connectivity index (χ0n) is 18.0. The first-order chi connectivity index (χ1) is 14.7. The fraction of sp³-hybridized carbons (Fsp3) is 0.364. The molecular formula is C22H27N5O3S. The van der Waals surface area contributed by atoms with Gasteiger partial charge in [0.2, 0.25) is 0 Å². The summed E-state index contributed by atoms with van der Waals surface area (Å²) in [5.41, 5.74) is 1.99. The van der Waals surface area contributed by atoms with Crippen LogP contribution in [0.15, 0.2) is 46.5 Å². The van der Waals surface area contributed by atoms with Crippen molar-refractivity contribution in [2.75, 3.05) is 11.6 Å². The molecule has 3 rings (SSSR count). The number of hydrogen-bond acceptors (Lipinski definition) is 6. The highest BCUT2D eigenvalue weighted by Gasteiger charge is 2.25. The molecular weight excluding hydrogens is 414 g/mol. The zero-order chi connectivity index (χ0) is 22.6. The Morgan fingerprint density at radius 3 is 2.71 bits per heavy atom. The highest BCUT2D eigenvalue weighted by Crippen LogP contribution is 2.26. The Kier molecular flexibility index (Phi) is 6.84. The molecule has 0 aliphatic rings. The van der Waals surface area contributed by atoms with Crippen LogP contribution in [0, 0.1) is 5.41 Å². The Balaban J connectivity index is 1.84. The Labute approximate surface area is 184 Å². The van der Waals surface area contributed by atoms with Gasteiger partial charge in [0.05, 0.1) is 5.52 Å². The maximum atomic E-state index is 12.4. The molecule has 2 heterocycles. The van der Waals surface area contributed by atoms with Crippen LogP contribution in [0.5, 0.6) is 0 Å². The Morgan fingerprint density at radius 2 is 2.03 bits per heavy atom. The number of H-pyrrole nitrogens is 1. The van der Waals surface area contributed by atoms with E-state index in [0.29, 0.717) is 34.7 Å². The molecule has 2 aromatic heterocycles. The van der Waals surface area contributed by atoms with Crippen molar-refractivity contribution in [2.24, 2.45) is 5.41 Å². The summed E-state index contributed by atoms with van der Waals surface area (Å²) in [6.07, 6.45) is 3.82. The summed E-state index contributed by atoms with van der Waals surface area (Å²) < 4.78 is 0. The molecule has 4 N–H and O–H groups in total. The van der Waals surface area contributed by atoms with Crippen LogP contribution in [0.4, 0.5) is 16.3 Å². The number of rotatable bonds is 7. The lowest BCUT2D eigenvalue weighted by molar-refractivity contribution is 0.172. The van der Waals surface area contributed by atoms with Gasteiger partial charge in [-0.25, -0.2) is 14.8 Å². The molecule has 0 radical (unpaired) electrons. The van der Waals surface area contributed by atoms with E-state index in [0.717, 1.165) is 11.3 Å². The van der Waals surface area contributed by atoms with Crippen LogP contribution in [-0.4, -0.2) is 38.4 Å². The normalized spacial score (nSPS) is 12.5. The summed E-state index contributed by atoms with van der Waals surface area (Å²) in [5.74, 6) is 0.452. The number of aromatic nitrogens is 3. The molecule has 0 fully saturated rings. The lowest BCUT2D eigenvalue weighted by atomic mass is 9.83. The number of pyridine rings is 1. The second-order valence-corrected chi connectivity index (χ2v) is 9.13. The fourth-order valence-electron chi connectivity index (χ4n) is 3.37. The molecule has 0 spiro atoms. The highest BCUT2D eigenvalue weighted by atomic mass is 32.2. The number of amides is 1. The fourth-order valence-corrected chi connectivity index (χ4v) is 3.75. The van der Waals surface area contributed by atoms with Gasteiger partial charge in [0.25, 0.3) is 5.56 Å². The minimum Gasteiger partial charge on any atom is -0.465 e. The summed E-state index contributed by atoms with van der Waals surface area (Å²) >= 11 is 1.41. The Hall–Kier alpha value is -3.07. The van der Waals surface area contributed by atoms with E-state index in [4.69, 9.17) is 5.11 Å². The first-order valence-electron chi connectivity index (χ1n) is 9.96. The van der Waals surface area contributed by atoms with Crippen molar-refractivity contribution in [3.63, 3.8) is 0 Å². The van der Waals surface area contributed by atoms with E-state index < -0.39 is 6.09 Å². The van der Waals surface area contributed by atoms with Crippen LogP contribution in [0.25, 0.3) is 10.9 Å². The number of fused-ring (bicyclic) bond motifs is 1. The van der Waals surface area contributed by atoms with Crippen LogP contribution in [0.2, 0.25) is 0 Å². The number of carbonyl (C=O) groups is 1. The third-order valence-electron chi connectivity index (χ3n) is 5.04. The lowest BCUT2D eigenvalue weighted by Gasteiger charge is -2.30. The molecule has 1 atom stereocenters. The minimum atomic E-state index is -1.01. The van der Waals surface area contributed by atoms with Crippen molar-refractivity contribution in [2.45, 2.75) is 44.8 Å². The molecule has 1 aromatic carbocycles. The molecule has 0 saturated heterocycles. The first-order valence-corrected chi connectivity index (χ1v) is 11.2. The van der Waals surface area contributed by atoms with E-state index in [2.05, 4.69) is 25.6 Å². The zero-order valence-corrected chi connectivity index (χ0v) is 18.8. The molecule has 0 aliphatic heterocycles. The summed E-state index contributed by atoms with van der Waals surface area (Å²) in [7, 11) is 0. The van der Waals surface area contributed by atoms with Crippen molar-refractivity contribution in [3.8, 4) is 0 Å². The monoisotopic (exact) mass is 441 g/mol. The topological polar surface area (TPSA) is 120 Å². The molecule has 1 unspecified atom stereocenters. The average molecular weight is 442 g/mol. The van der Waals surface area contributed by atoms with E-state index in [1.807, 2.05) is 51.3 Å². The van der Waals surface area contributed by atoms with Crippen LogP contribution in [0.3, 0.4) is 0 Å². The van der Waals surface area contributed by atoms with Crippen molar-refractivity contribution < 1.29 is 9.90 Å². The number of benzene rings is 1. The smallest absolute Gasteiger partial charge is 0.404 e. The molecule has 3 aromatic rings. The average Bonchev–Trinajstić information content (AvgIpc) is 2.70. The van der Waals surface area contributed by atoms with Gasteiger partial charge in [-0.2, -0.15) is 0 Å². The first kappa shape index (κ1) is 22.6. The molecule has 1 amide bonds. The number of aryl methyl sites for hydroxylation is 1. The van der Waals surface area contributed by atoms with Crippen molar-refractivity contribution >= 4 is 40.3 Å². The number of nitrogens with one attached hydrogen (secondary N) is 3. The molecule has 0 saturated carbocycles. The van der Waals surface area contributed by atoms with Gasteiger partial charge >= 0.3 is 6.09 Å². The minimum absolute atomic E-state index is 0.171. The predicted molar refractivity (Wildman–Crippen MR) is 124 cm³/mol. The van der Waals surface area contributed by atoms with Crippen LogP contribution in [0.1, 0.15) is 32.8 Å². The number of hydrogen-bond donors (Lipinski definition) is 4. The molecule has 0 aliphatic carbocycles. The summed E-state index contributed by atoms with van der Waals surface area (Å²) in [5, 5.41) is 16.0. The van der Waals surface area contributed by atoms with Crippen molar-refractivity contribution in [3.05, 3.63) is 52.4 Å². The predicted octanol–water partition coefficient (Wildman–Crippen LogP) is 4.40. The quantitative estimate of drug-likeness (QED) is 0.317. The van der Waals surface area contributed by atoms with Crippen LogP contribution in [-0.2, 0) is 6.42 Å². The van der Waals surface area contributed by atoms with E-state index in [1.165, 1.54) is 11.8 Å². The van der Waals surface area contributed by atoms with E-state index in [1.54, 1.807) is 12.3 Å². The second-order valence-electron chi connectivity index (χ2n) is 8.36. The number of thioether (sulfide) groups is 1. The van der Waals surface area contributed by atoms with Gasteiger partial charge in [-0.05, 0) is 48.3 Å². The number of anilines is 2. The van der Waals surface area contributed by atoms with Gasteiger partial charge in [0, 0.05) is 17.9 Å². The third-order valence-corrected chi connectivity index (χ3v) is 5.58. The van der Waals surface area contributed by atoms with E-state index in [9.17, 15) is 9.59 Å². The standard InChI is InChI=1S/C22H27N5O3S/c1-22(2,3)16(26-21(29)30)9-8-13-6-5-7-14(12-13)24-18-17-15(10-11-23-19(17)28)25-20(27-18)31-4/h5-7,10-12,16,26H,8-9H2,1-4H3,(H,23,28)(H,29,30)(H,24,25,27). The summed E-state index contributed by atoms with van der Waals surface area (Å²) in [6.45, 7) is 6.06. The maximum absolute atomic E-state index is 12.4. The van der Waals surface area contributed by atoms with Gasteiger partial charge < -0.3 is 20.7 Å². The summed E-state index contributed by atoms with van der Waals surface area (Å²) in [6, 6.07) is 9.41. The molecule has 8 nitrogen and oxygen atoms in total. The number of carboxylic acid groups (broad SMARTS) is 1. The van der Waals surface area contributed by atoms with Gasteiger partial charge in [0.1, 0.15) is 11.2 Å². The largest absolute Gasteiger partial charge is 0.465 e. The molecule has 164 valence electrons. The number of aromatic amines is 1. The van der Waals surface area contributed by atoms with Crippen molar-refractivity contribution in [1.29, 1.82) is 0 Å².